The van der Waals surface area contributed by atoms with Crippen LogP contribution in [0.1, 0.15) is 16.7 Å². The molecule has 1 aliphatic carbocycles. The predicted molar refractivity (Wildman–Crippen MR) is 176 cm³/mol. The Kier molecular flexibility index (Phi) is 4.99. The van der Waals surface area contributed by atoms with Crippen molar-refractivity contribution in [1.29, 1.82) is 0 Å². The van der Waals surface area contributed by atoms with Crippen LogP contribution in [0.5, 0.6) is 0 Å². The minimum absolute atomic E-state index is 0.876. The maximum atomic E-state index is 5.15. The fourth-order valence-electron chi connectivity index (χ4n) is 7.00. The number of hydrogen-bond donors (Lipinski definition) is 0. The van der Waals surface area contributed by atoms with Gasteiger partial charge in [-0.3, -0.25) is 4.98 Å². The van der Waals surface area contributed by atoms with Gasteiger partial charge in [0.15, 0.2) is 0 Å². The smallest absolute Gasteiger partial charge is 0.0945 e. The quantitative estimate of drug-likeness (QED) is 0.224. The van der Waals surface area contributed by atoms with E-state index in [9.17, 15) is 0 Å². The average Bonchev–Trinajstić information content (AvgIpc) is 3.39. The minimum Gasteiger partial charge on any atom is -0.307 e. The van der Waals surface area contributed by atoms with Crippen molar-refractivity contribution in [2.75, 3.05) is 4.90 Å². The molecule has 0 N–H and O–H groups in total. The molecule has 0 radical (unpaired) electrons. The SMILES string of the molecule is c1ccc(-c2cnc3c4c(ccc3c2)CC2=C(c3cccc5c(-c6ccccc6)ccc2c35)N4c2ccccc2)cc1. The van der Waals surface area contributed by atoms with Gasteiger partial charge in [-0.2, -0.15) is 0 Å². The molecule has 0 unspecified atom stereocenters. The molecule has 0 fully saturated rings. The lowest BCUT2D eigenvalue weighted by Crippen LogP contribution is -2.21. The van der Waals surface area contributed by atoms with E-state index in [0.29, 0.717) is 0 Å². The largest absolute Gasteiger partial charge is 0.307 e. The van der Waals surface area contributed by atoms with Crippen molar-refractivity contribution < 1.29 is 0 Å². The molecular weight excluding hydrogens is 508 g/mol. The summed E-state index contributed by atoms with van der Waals surface area (Å²) in [6, 6.07) is 50.3. The van der Waals surface area contributed by atoms with Gasteiger partial charge in [0.05, 0.1) is 16.9 Å². The van der Waals surface area contributed by atoms with Crippen LogP contribution in [-0.4, -0.2) is 4.98 Å². The molecule has 0 atom stereocenters. The molecule has 9 rings (SSSR count). The molecule has 0 amide bonds. The predicted octanol–water partition coefficient (Wildman–Crippen LogP) is 10.3. The molecule has 2 heteroatoms. The van der Waals surface area contributed by atoms with E-state index >= 15 is 0 Å². The fraction of sp³-hybridized carbons (Fsp3) is 0.0250. The molecule has 0 saturated carbocycles. The van der Waals surface area contributed by atoms with E-state index in [1.54, 1.807) is 0 Å². The highest BCUT2D eigenvalue weighted by atomic mass is 15.2. The number of nitrogens with zero attached hydrogens (tertiary/aromatic N) is 2. The zero-order valence-corrected chi connectivity index (χ0v) is 23.0. The Morgan fingerprint density at radius 2 is 1.26 bits per heavy atom. The molecule has 2 nitrogen and oxygen atoms in total. The van der Waals surface area contributed by atoms with Crippen molar-refractivity contribution in [3.8, 4) is 22.3 Å². The molecule has 196 valence electrons. The molecule has 2 aliphatic rings. The number of rotatable bonds is 3. The lowest BCUT2D eigenvalue weighted by molar-refractivity contribution is 1.18. The van der Waals surface area contributed by atoms with E-state index in [1.807, 2.05) is 6.20 Å². The zero-order chi connectivity index (χ0) is 27.6. The second kappa shape index (κ2) is 9.02. The summed E-state index contributed by atoms with van der Waals surface area (Å²) in [5.41, 5.74) is 14.8. The van der Waals surface area contributed by atoms with Crippen LogP contribution >= 0.6 is 0 Å². The second-order valence-corrected chi connectivity index (χ2v) is 11.2. The van der Waals surface area contributed by atoms with Crippen LogP contribution in [0.3, 0.4) is 0 Å². The number of para-hydroxylation sites is 1. The first-order chi connectivity index (χ1) is 20.8. The van der Waals surface area contributed by atoms with Gasteiger partial charge in [-0.05, 0) is 62.4 Å². The van der Waals surface area contributed by atoms with Crippen molar-refractivity contribution in [1.82, 2.24) is 4.98 Å². The fourth-order valence-corrected chi connectivity index (χ4v) is 7.00. The third-order valence-corrected chi connectivity index (χ3v) is 8.84. The number of aromatic nitrogens is 1. The standard InChI is InChI=1S/C40H26N2/c1-4-11-26(12-5-1)30-23-28-19-20-29-24-36-34-22-21-32(27-13-6-2-7-14-27)33-17-10-18-35(37(33)34)40(36)42(31-15-8-3-9-16-31)39(29)38(28)41-25-30/h1-23,25H,24H2. The van der Waals surface area contributed by atoms with Gasteiger partial charge in [-0.15, -0.1) is 0 Å². The van der Waals surface area contributed by atoms with Crippen LogP contribution in [0.25, 0.3) is 55.2 Å². The summed E-state index contributed by atoms with van der Waals surface area (Å²) in [4.78, 5) is 7.62. The van der Waals surface area contributed by atoms with Gasteiger partial charge in [0, 0.05) is 34.8 Å². The van der Waals surface area contributed by atoms with Gasteiger partial charge in [-0.1, -0.05) is 121 Å². The summed E-state index contributed by atoms with van der Waals surface area (Å²) < 4.78 is 0. The maximum absolute atomic E-state index is 5.15. The lowest BCUT2D eigenvalue weighted by atomic mass is 9.90. The molecule has 0 spiro atoms. The number of allylic oxidation sites excluding steroid dienone is 1. The third kappa shape index (κ3) is 3.36. The third-order valence-electron chi connectivity index (χ3n) is 8.84. The number of benzene rings is 6. The Labute approximate surface area is 244 Å². The van der Waals surface area contributed by atoms with Crippen LogP contribution in [0, 0.1) is 0 Å². The van der Waals surface area contributed by atoms with E-state index in [1.165, 1.54) is 61.1 Å². The van der Waals surface area contributed by atoms with Crippen LogP contribution in [0.4, 0.5) is 11.4 Å². The first-order valence-electron chi connectivity index (χ1n) is 14.5. The summed E-state index contributed by atoms with van der Waals surface area (Å²) in [7, 11) is 0. The summed E-state index contributed by atoms with van der Waals surface area (Å²) in [6.45, 7) is 0. The van der Waals surface area contributed by atoms with Gasteiger partial charge >= 0.3 is 0 Å². The number of anilines is 2. The van der Waals surface area contributed by atoms with Crippen molar-refractivity contribution in [2.24, 2.45) is 0 Å². The molecule has 2 heterocycles. The number of hydrogen-bond acceptors (Lipinski definition) is 2. The van der Waals surface area contributed by atoms with E-state index < -0.39 is 0 Å². The van der Waals surface area contributed by atoms with Gasteiger partial charge in [-0.25, -0.2) is 0 Å². The molecule has 0 bridgehead atoms. The molecule has 0 saturated heterocycles. The molecular formula is C40H26N2. The Balaban J connectivity index is 1.30. The van der Waals surface area contributed by atoms with Gasteiger partial charge in [0.1, 0.15) is 0 Å². The second-order valence-electron chi connectivity index (χ2n) is 11.2. The van der Waals surface area contributed by atoms with E-state index in [0.717, 1.165) is 28.6 Å². The molecule has 1 aliphatic heterocycles. The van der Waals surface area contributed by atoms with E-state index in [-0.39, 0.29) is 0 Å². The van der Waals surface area contributed by atoms with E-state index in [2.05, 4.69) is 144 Å². The van der Waals surface area contributed by atoms with Gasteiger partial charge in [0.2, 0.25) is 0 Å². The highest BCUT2D eigenvalue weighted by Crippen LogP contribution is 2.54. The molecule has 7 aromatic rings. The molecule has 1 aromatic heterocycles. The first kappa shape index (κ1) is 23.3. The van der Waals surface area contributed by atoms with Crippen LogP contribution < -0.4 is 4.90 Å². The number of pyridine rings is 1. The minimum atomic E-state index is 0.876. The molecule has 6 aromatic carbocycles. The lowest BCUT2D eigenvalue weighted by Gasteiger charge is -2.34. The Hall–Kier alpha value is -5.47. The topological polar surface area (TPSA) is 16.1 Å². The Morgan fingerprint density at radius 1 is 0.548 bits per heavy atom. The van der Waals surface area contributed by atoms with Crippen LogP contribution in [0.2, 0.25) is 0 Å². The highest BCUT2D eigenvalue weighted by Gasteiger charge is 2.36. The normalized spacial score (nSPS) is 13.5. The summed E-state index contributed by atoms with van der Waals surface area (Å²) in [5, 5.41) is 3.81. The monoisotopic (exact) mass is 534 g/mol. The van der Waals surface area contributed by atoms with Crippen molar-refractivity contribution in [3.05, 3.63) is 162 Å². The number of fused-ring (bicyclic) bond motifs is 5. The van der Waals surface area contributed by atoms with Crippen molar-refractivity contribution >= 4 is 44.3 Å². The van der Waals surface area contributed by atoms with Crippen molar-refractivity contribution in [3.63, 3.8) is 0 Å². The van der Waals surface area contributed by atoms with Gasteiger partial charge < -0.3 is 4.90 Å². The zero-order valence-electron chi connectivity index (χ0n) is 23.0. The van der Waals surface area contributed by atoms with Crippen LogP contribution in [-0.2, 0) is 6.42 Å². The molecule has 42 heavy (non-hydrogen) atoms. The average molecular weight is 535 g/mol. The van der Waals surface area contributed by atoms with Crippen molar-refractivity contribution in [2.45, 2.75) is 6.42 Å². The Bertz CT molecular complexity index is 2200. The maximum Gasteiger partial charge on any atom is 0.0945 e. The highest BCUT2D eigenvalue weighted by molar-refractivity contribution is 6.23. The first-order valence-corrected chi connectivity index (χ1v) is 14.5. The van der Waals surface area contributed by atoms with E-state index in [4.69, 9.17) is 4.98 Å². The van der Waals surface area contributed by atoms with Crippen LogP contribution in [0.15, 0.2) is 146 Å². The summed E-state index contributed by atoms with van der Waals surface area (Å²) >= 11 is 0. The summed E-state index contributed by atoms with van der Waals surface area (Å²) in [5.74, 6) is 0. The Morgan fingerprint density at radius 3 is 2.05 bits per heavy atom. The van der Waals surface area contributed by atoms with Gasteiger partial charge in [0.25, 0.3) is 0 Å². The summed E-state index contributed by atoms with van der Waals surface area (Å²) in [6.07, 6.45) is 2.90.